The van der Waals surface area contributed by atoms with Crippen LogP contribution in [0, 0.1) is 0 Å². The summed E-state index contributed by atoms with van der Waals surface area (Å²) in [4.78, 5) is 1.08. The second-order valence-electron chi connectivity index (χ2n) is 9.00. The second kappa shape index (κ2) is 11.1. The molecule has 0 radical (unpaired) electrons. The summed E-state index contributed by atoms with van der Waals surface area (Å²) < 4.78 is 22.0. The third-order valence-electron chi connectivity index (χ3n) is 6.18. The van der Waals surface area contributed by atoms with Crippen LogP contribution in [0.15, 0.2) is 34.4 Å². The topological polar surface area (TPSA) is 39.7 Å². The van der Waals surface area contributed by atoms with Gasteiger partial charge in [-0.2, -0.15) is 0 Å². The van der Waals surface area contributed by atoms with Gasteiger partial charge in [0.05, 0.1) is 23.2 Å². The number of nitrogens with one attached hydrogen (secondary N) is 1. The average Bonchev–Trinajstić information content (AvgIpc) is 2.91. The Morgan fingerprint density at radius 1 is 1.14 bits per heavy atom. The van der Waals surface area contributed by atoms with E-state index in [1.807, 2.05) is 6.92 Å². The SMILES string of the molecule is C\C=C(/C=C(SNC1CCCCC1)\C(=C\CCC)OC)B1OC(C)(C)C(C)(C)O1. The minimum atomic E-state index is -0.375. The van der Waals surface area contributed by atoms with Crippen molar-refractivity contribution in [2.24, 2.45) is 0 Å². The number of allylic oxidation sites excluding steroid dienone is 4. The molecule has 0 bridgehead atoms. The van der Waals surface area contributed by atoms with Gasteiger partial charge in [0.15, 0.2) is 0 Å². The van der Waals surface area contributed by atoms with Crippen molar-refractivity contribution in [3.05, 3.63) is 34.4 Å². The molecule has 1 aliphatic carbocycles. The maximum Gasteiger partial charge on any atom is 0.494 e. The van der Waals surface area contributed by atoms with Crippen molar-refractivity contribution in [3.8, 4) is 0 Å². The Morgan fingerprint density at radius 2 is 1.76 bits per heavy atom. The van der Waals surface area contributed by atoms with Gasteiger partial charge in [-0.25, -0.2) is 0 Å². The van der Waals surface area contributed by atoms with E-state index in [0.29, 0.717) is 6.04 Å². The lowest BCUT2D eigenvalue weighted by Gasteiger charge is -2.32. The summed E-state index contributed by atoms with van der Waals surface area (Å²) in [5, 5.41) is 0. The zero-order valence-corrected chi connectivity index (χ0v) is 20.3. The third-order valence-corrected chi connectivity index (χ3v) is 7.17. The first kappa shape index (κ1) is 24.6. The van der Waals surface area contributed by atoms with Crippen molar-refractivity contribution >= 4 is 19.1 Å². The molecule has 0 aromatic heterocycles. The third kappa shape index (κ3) is 6.65. The van der Waals surface area contributed by atoms with Crippen LogP contribution in [0.4, 0.5) is 0 Å². The van der Waals surface area contributed by atoms with Crippen LogP contribution in [0.3, 0.4) is 0 Å². The normalized spacial score (nSPS) is 23.6. The highest BCUT2D eigenvalue weighted by atomic mass is 32.2. The molecule has 1 N–H and O–H groups in total. The number of hydrogen-bond donors (Lipinski definition) is 1. The molecule has 0 aromatic carbocycles. The number of unbranched alkanes of at least 4 members (excludes halogenated alkanes) is 1. The molecule has 2 aliphatic rings. The molecule has 1 saturated carbocycles. The number of ether oxygens (including phenoxy) is 1. The summed E-state index contributed by atoms with van der Waals surface area (Å²) in [6, 6.07) is 0.562. The van der Waals surface area contributed by atoms with Crippen LogP contribution in [0.2, 0.25) is 0 Å². The van der Waals surface area contributed by atoms with E-state index in [-0.39, 0.29) is 18.3 Å². The quantitative estimate of drug-likeness (QED) is 0.203. The van der Waals surface area contributed by atoms with Gasteiger partial charge in [0, 0.05) is 6.04 Å². The lowest BCUT2D eigenvalue weighted by atomic mass is 9.77. The largest absolute Gasteiger partial charge is 0.496 e. The van der Waals surface area contributed by atoms with Crippen LogP contribution in [0.25, 0.3) is 0 Å². The number of hydrogen-bond acceptors (Lipinski definition) is 5. The monoisotopic (exact) mass is 421 g/mol. The van der Waals surface area contributed by atoms with Gasteiger partial charge in [0.1, 0.15) is 5.76 Å². The van der Waals surface area contributed by atoms with Gasteiger partial charge in [0.2, 0.25) is 0 Å². The predicted octanol–water partition coefficient (Wildman–Crippen LogP) is 6.35. The van der Waals surface area contributed by atoms with Crippen LogP contribution < -0.4 is 4.72 Å². The Morgan fingerprint density at radius 3 is 2.28 bits per heavy atom. The molecule has 6 heteroatoms. The molecular weight excluding hydrogens is 381 g/mol. The van der Waals surface area contributed by atoms with Crippen molar-refractivity contribution < 1.29 is 14.0 Å². The van der Waals surface area contributed by atoms with Gasteiger partial charge in [-0.15, -0.1) is 0 Å². The van der Waals surface area contributed by atoms with Gasteiger partial charge < -0.3 is 14.0 Å². The van der Waals surface area contributed by atoms with Gasteiger partial charge in [-0.3, -0.25) is 4.72 Å². The van der Waals surface area contributed by atoms with E-state index >= 15 is 0 Å². The first-order valence-corrected chi connectivity index (χ1v) is 12.0. The highest BCUT2D eigenvalue weighted by Crippen LogP contribution is 2.39. The van der Waals surface area contributed by atoms with Crippen molar-refractivity contribution in [1.82, 2.24) is 4.72 Å². The highest BCUT2D eigenvalue weighted by molar-refractivity contribution is 8.01. The molecule has 29 heavy (non-hydrogen) atoms. The fourth-order valence-corrected chi connectivity index (χ4v) is 4.49. The Hall–Kier alpha value is -0.685. The molecule has 1 aliphatic heterocycles. The van der Waals surface area contributed by atoms with Crippen molar-refractivity contribution in [1.29, 1.82) is 0 Å². The summed E-state index contributed by atoms with van der Waals surface area (Å²) in [6.45, 7) is 12.6. The van der Waals surface area contributed by atoms with Crippen molar-refractivity contribution in [2.45, 2.75) is 104 Å². The van der Waals surface area contributed by atoms with Gasteiger partial charge >= 0.3 is 7.12 Å². The lowest BCUT2D eigenvalue weighted by Crippen LogP contribution is -2.41. The maximum absolute atomic E-state index is 6.28. The van der Waals surface area contributed by atoms with E-state index in [1.54, 1.807) is 19.1 Å². The molecule has 164 valence electrons. The zero-order valence-electron chi connectivity index (χ0n) is 19.5. The van der Waals surface area contributed by atoms with E-state index in [2.05, 4.69) is 57.6 Å². The molecule has 2 rings (SSSR count). The maximum atomic E-state index is 6.28. The van der Waals surface area contributed by atoms with E-state index in [1.165, 1.54) is 32.1 Å². The van der Waals surface area contributed by atoms with Crippen LogP contribution in [-0.4, -0.2) is 31.5 Å². The summed E-state index contributed by atoms with van der Waals surface area (Å²) in [5.74, 6) is 0.913. The van der Waals surface area contributed by atoms with Crippen LogP contribution in [0.1, 0.15) is 86.5 Å². The van der Waals surface area contributed by atoms with Gasteiger partial charge in [0.25, 0.3) is 0 Å². The Kier molecular flexibility index (Phi) is 9.39. The van der Waals surface area contributed by atoms with Crippen molar-refractivity contribution in [3.63, 3.8) is 0 Å². The molecule has 2 fully saturated rings. The first-order valence-electron chi connectivity index (χ1n) is 11.1. The zero-order chi connectivity index (χ0) is 21.5. The van der Waals surface area contributed by atoms with Crippen LogP contribution in [0.5, 0.6) is 0 Å². The molecule has 0 unspecified atom stereocenters. The minimum Gasteiger partial charge on any atom is -0.496 e. The molecule has 1 saturated heterocycles. The van der Waals surface area contributed by atoms with E-state index in [0.717, 1.165) is 29.0 Å². The standard InChI is InChI=1S/C23H40BNO3S/c1-8-10-16-20(26-7)21(29-25-19-14-12-11-13-15-19)17-18(9-2)24-27-22(3,4)23(5,6)28-24/h9,16-17,19,25H,8,10-15H2,1-7H3/b18-9+,20-16-,21-17+. The van der Waals surface area contributed by atoms with E-state index < -0.39 is 0 Å². The minimum absolute atomic E-state index is 0.352. The molecular formula is C23H40BNO3S. The Labute approximate surface area is 183 Å². The fraction of sp³-hybridized carbons (Fsp3) is 0.739. The first-order chi connectivity index (χ1) is 13.7. The van der Waals surface area contributed by atoms with E-state index in [9.17, 15) is 0 Å². The van der Waals surface area contributed by atoms with Gasteiger partial charge in [-0.1, -0.05) is 38.7 Å². The van der Waals surface area contributed by atoms with Crippen molar-refractivity contribution in [2.75, 3.05) is 7.11 Å². The van der Waals surface area contributed by atoms with E-state index in [4.69, 9.17) is 14.0 Å². The Bertz CT molecular complexity index is 606. The number of methoxy groups -OCH3 is 1. The molecule has 0 aromatic rings. The second-order valence-corrected chi connectivity index (χ2v) is 9.88. The summed E-state index contributed by atoms with van der Waals surface area (Å²) >= 11 is 1.68. The summed E-state index contributed by atoms with van der Waals surface area (Å²) in [6.07, 6.45) is 15.0. The lowest BCUT2D eigenvalue weighted by molar-refractivity contribution is 0.00578. The number of rotatable bonds is 9. The molecule has 0 spiro atoms. The van der Waals surface area contributed by atoms with Crippen LogP contribution >= 0.6 is 11.9 Å². The van der Waals surface area contributed by atoms with Crippen LogP contribution in [-0.2, 0) is 14.0 Å². The fourth-order valence-electron chi connectivity index (χ4n) is 3.50. The molecule has 0 atom stereocenters. The summed E-state index contributed by atoms with van der Waals surface area (Å²) in [7, 11) is 1.38. The highest BCUT2D eigenvalue weighted by Gasteiger charge is 2.52. The predicted molar refractivity (Wildman–Crippen MR) is 126 cm³/mol. The summed E-state index contributed by atoms with van der Waals surface area (Å²) in [5.41, 5.74) is 0.321. The smallest absolute Gasteiger partial charge is 0.494 e. The van der Waals surface area contributed by atoms with Gasteiger partial charge in [-0.05, 0) is 83.5 Å². The Balaban J connectivity index is 2.23. The molecule has 4 nitrogen and oxygen atoms in total. The molecule has 1 heterocycles. The average molecular weight is 421 g/mol. The molecule has 0 amide bonds.